The van der Waals surface area contributed by atoms with Gasteiger partial charge in [-0.25, -0.2) is 9.97 Å². The van der Waals surface area contributed by atoms with Gasteiger partial charge in [0.2, 0.25) is 5.95 Å². The van der Waals surface area contributed by atoms with Crippen LogP contribution < -0.4 is 5.32 Å². The number of aromatic nitrogens is 2. The highest BCUT2D eigenvalue weighted by Crippen LogP contribution is 2.09. The summed E-state index contributed by atoms with van der Waals surface area (Å²) in [5, 5.41) is 3.64. The first-order valence-corrected chi connectivity index (χ1v) is 5.21. The molecule has 1 N–H and O–H groups in total. The third kappa shape index (κ3) is 3.92. The molecule has 0 aliphatic rings. The minimum Gasteiger partial charge on any atom is -0.354 e. The summed E-state index contributed by atoms with van der Waals surface area (Å²) in [6, 6.07) is 1.75. The number of hydrogen-bond acceptors (Lipinski definition) is 3. The van der Waals surface area contributed by atoms with Crippen molar-refractivity contribution in [1.82, 2.24) is 9.97 Å². The maximum Gasteiger partial charge on any atom is 0.224 e. The van der Waals surface area contributed by atoms with E-state index in [1.165, 1.54) is 0 Å². The Kier molecular flexibility index (Phi) is 4.14. The molecule has 4 heteroatoms. The van der Waals surface area contributed by atoms with Gasteiger partial charge in [-0.05, 0) is 25.3 Å². The summed E-state index contributed by atoms with van der Waals surface area (Å²) in [6.07, 6.45) is 1.11. The van der Waals surface area contributed by atoms with Gasteiger partial charge in [0.15, 0.2) is 0 Å². The Morgan fingerprint density at radius 2 is 2.14 bits per heavy atom. The molecule has 1 aromatic rings. The fraction of sp³-hybridized carbons (Fsp3) is 0.600. The molecule has 0 aromatic carbocycles. The van der Waals surface area contributed by atoms with Crippen LogP contribution in [0.3, 0.4) is 0 Å². The molecular weight excluding hydrogens is 198 g/mol. The molecule has 0 atom stereocenters. The van der Waals surface area contributed by atoms with Crippen LogP contribution in [0, 0.1) is 12.8 Å². The predicted molar refractivity (Wildman–Crippen MR) is 59.7 cm³/mol. The lowest BCUT2D eigenvalue weighted by Gasteiger charge is -2.07. The average molecular weight is 214 g/mol. The quantitative estimate of drug-likeness (QED) is 0.782. The van der Waals surface area contributed by atoms with E-state index in [1.807, 2.05) is 6.92 Å². The average Bonchev–Trinajstić information content (AvgIpc) is 2.01. The van der Waals surface area contributed by atoms with Crippen molar-refractivity contribution >= 4 is 17.5 Å². The van der Waals surface area contributed by atoms with Crippen molar-refractivity contribution in [3.05, 3.63) is 16.9 Å². The highest BCUT2D eigenvalue weighted by atomic mass is 35.5. The smallest absolute Gasteiger partial charge is 0.224 e. The van der Waals surface area contributed by atoms with Crippen LogP contribution in [0.1, 0.15) is 26.0 Å². The number of aryl methyl sites for hydroxylation is 1. The third-order valence-corrected chi connectivity index (χ3v) is 2.02. The number of hydrogen-bond donors (Lipinski definition) is 1. The molecular formula is C10H16ClN3. The highest BCUT2D eigenvalue weighted by Gasteiger charge is 2.00. The van der Waals surface area contributed by atoms with Crippen molar-refractivity contribution < 1.29 is 0 Å². The van der Waals surface area contributed by atoms with E-state index < -0.39 is 0 Å². The van der Waals surface area contributed by atoms with E-state index in [0.717, 1.165) is 18.7 Å². The fourth-order valence-electron chi connectivity index (χ4n) is 1.08. The summed E-state index contributed by atoms with van der Waals surface area (Å²) in [7, 11) is 0. The van der Waals surface area contributed by atoms with Gasteiger partial charge in [0, 0.05) is 12.2 Å². The number of anilines is 1. The molecule has 0 bridgehead atoms. The first kappa shape index (κ1) is 11.2. The number of halogens is 1. The Balaban J connectivity index is 2.50. The first-order valence-electron chi connectivity index (χ1n) is 4.83. The van der Waals surface area contributed by atoms with Crippen LogP contribution in [0.5, 0.6) is 0 Å². The van der Waals surface area contributed by atoms with Gasteiger partial charge in [0.1, 0.15) is 5.15 Å². The van der Waals surface area contributed by atoms with Crippen LogP contribution in [0.15, 0.2) is 6.07 Å². The second kappa shape index (κ2) is 5.15. The summed E-state index contributed by atoms with van der Waals surface area (Å²) in [4.78, 5) is 8.30. The summed E-state index contributed by atoms with van der Waals surface area (Å²) >= 11 is 5.80. The topological polar surface area (TPSA) is 37.8 Å². The Bertz CT molecular complexity index is 279. The molecule has 78 valence electrons. The van der Waals surface area contributed by atoms with Gasteiger partial charge >= 0.3 is 0 Å². The van der Waals surface area contributed by atoms with Crippen LogP contribution >= 0.6 is 11.6 Å². The molecule has 0 fully saturated rings. The predicted octanol–water partition coefficient (Wildman–Crippen LogP) is 2.90. The Morgan fingerprint density at radius 3 is 2.71 bits per heavy atom. The highest BCUT2D eigenvalue weighted by molar-refractivity contribution is 6.29. The monoisotopic (exact) mass is 213 g/mol. The minimum atomic E-state index is 0.490. The second-order valence-electron chi connectivity index (χ2n) is 3.76. The second-order valence-corrected chi connectivity index (χ2v) is 4.15. The maximum atomic E-state index is 5.80. The summed E-state index contributed by atoms with van der Waals surface area (Å²) in [5.74, 6) is 1.30. The van der Waals surface area contributed by atoms with Gasteiger partial charge in [-0.15, -0.1) is 0 Å². The standard InChI is InChI=1S/C10H16ClN3/c1-7(2)4-5-12-10-13-8(3)6-9(11)14-10/h6-7H,4-5H2,1-3H3,(H,12,13,14). The Hall–Kier alpha value is -0.830. The van der Waals surface area contributed by atoms with Gasteiger partial charge < -0.3 is 5.32 Å². The van der Waals surface area contributed by atoms with Gasteiger partial charge in [0.05, 0.1) is 0 Å². The lowest BCUT2D eigenvalue weighted by molar-refractivity contribution is 0.606. The SMILES string of the molecule is Cc1cc(Cl)nc(NCCC(C)C)n1. The van der Waals surface area contributed by atoms with E-state index >= 15 is 0 Å². The zero-order valence-corrected chi connectivity index (χ0v) is 9.60. The third-order valence-electron chi connectivity index (χ3n) is 1.83. The molecule has 14 heavy (non-hydrogen) atoms. The lowest BCUT2D eigenvalue weighted by atomic mass is 10.1. The lowest BCUT2D eigenvalue weighted by Crippen LogP contribution is -2.08. The van der Waals surface area contributed by atoms with E-state index in [-0.39, 0.29) is 0 Å². The molecule has 0 aliphatic carbocycles. The molecule has 0 unspecified atom stereocenters. The van der Waals surface area contributed by atoms with Crippen molar-refractivity contribution in [2.24, 2.45) is 5.92 Å². The summed E-state index contributed by atoms with van der Waals surface area (Å²) in [6.45, 7) is 7.16. The van der Waals surface area contributed by atoms with Crippen LogP contribution in [-0.4, -0.2) is 16.5 Å². The molecule has 0 saturated heterocycles. The Labute approximate surface area is 89.9 Å². The molecule has 0 amide bonds. The van der Waals surface area contributed by atoms with Gasteiger partial charge in [-0.2, -0.15) is 0 Å². The molecule has 0 spiro atoms. The van der Waals surface area contributed by atoms with E-state index in [2.05, 4.69) is 29.1 Å². The molecule has 1 aromatic heterocycles. The van der Waals surface area contributed by atoms with Crippen LogP contribution in [0.4, 0.5) is 5.95 Å². The van der Waals surface area contributed by atoms with Crippen molar-refractivity contribution in [1.29, 1.82) is 0 Å². The van der Waals surface area contributed by atoms with E-state index in [4.69, 9.17) is 11.6 Å². The van der Waals surface area contributed by atoms with Crippen molar-refractivity contribution in [2.75, 3.05) is 11.9 Å². The molecule has 1 rings (SSSR count). The van der Waals surface area contributed by atoms with Gasteiger partial charge in [0.25, 0.3) is 0 Å². The fourth-order valence-corrected chi connectivity index (χ4v) is 1.32. The number of nitrogens with one attached hydrogen (secondary N) is 1. The Morgan fingerprint density at radius 1 is 1.43 bits per heavy atom. The molecule has 0 saturated carbocycles. The molecule has 0 aliphatic heterocycles. The molecule has 0 radical (unpaired) electrons. The van der Waals surface area contributed by atoms with E-state index in [9.17, 15) is 0 Å². The molecule has 1 heterocycles. The van der Waals surface area contributed by atoms with Crippen molar-refractivity contribution in [2.45, 2.75) is 27.2 Å². The number of rotatable bonds is 4. The summed E-state index contributed by atoms with van der Waals surface area (Å²) < 4.78 is 0. The van der Waals surface area contributed by atoms with Gasteiger partial charge in [-0.1, -0.05) is 25.4 Å². The van der Waals surface area contributed by atoms with Crippen LogP contribution in [0.25, 0.3) is 0 Å². The normalized spacial score (nSPS) is 10.6. The zero-order valence-electron chi connectivity index (χ0n) is 8.84. The zero-order chi connectivity index (χ0) is 10.6. The number of nitrogens with zero attached hydrogens (tertiary/aromatic N) is 2. The summed E-state index contributed by atoms with van der Waals surface area (Å²) in [5.41, 5.74) is 0.886. The van der Waals surface area contributed by atoms with Gasteiger partial charge in [-0.3, -0.25) is 0 Å². The van der Waals surface area contributed by atoms with E-state index in [0.29, 0.717) is 17.0 Å². The van der Waals surface area contributed by atoms with Crippen LogP contribution in [-0.2, 0) is 0 Å². The van der Waals surface area contributed by atoms with Crippen molar-refractivity contribution in [3.63, 3.8) is 0 Å². The minimum absolute atomic E-state index is 0.490. The van der Waals surface area contributed by atoms with Crippen molar-refractivity contribution in [3.8, 4) is 0 Å². The van der Waals surface area contributed by atoms with Crippen LogP contribution in [0.2, 0.25) is 5.15 Å². The van der Waals surface area contributed by atoms with E-state index in [1.54, 1.807) is 6.07 Å². The largest absolute Gasteiger partial charge is 0.354 e. The molecule has 3 nitrogen and oxygen atoms in total. The first-order chi connectivity index (χ1) is 6.58. The maximum absolute atomic E-state index is 5.80.